The van der Waals surface area contributed by atoms with Crippen molar-refractivity contribution in [2.75, 3.05) is 14.2 Å². The predicted octanol–water partition coefficient (Wildman–Crippen LogP) is 4.50. The van der Waals surface area contributed by atoms with E-state index in [0.717, 1.165) is 17.7 Å². The van der Waals surface area contributed by atoms with Crippen molar-refractivity contribution in [2.24, 2.45) is 0 Å². The molecule has 1 atom stereocenters. The summed E-state index contributed by atoms with van der Waals surface area (Å²) < 4.78 is 38.0. The Balaban J connectivity index is 2.30. The molecule has 21 heavy (non-hydrogen) atoms. The molecule has 0 aliphatic heterocycles. The van der Waals surface area contributed by atoms with E-state index in [-0.39, 0.29) is 17.7 Å². The summed E-state index contributed by atoms with van der Waals surface area (Å²) in [5.74, 6) is -0.684. The highest BCUT2D eigenvalue weighted by Gasteiger charge is 2.21. The molecule has 0 bridgehead atoms. The molecule has 112 valence electrons. The molecule has 0 aromatic heterocycles. The maximum absolute atomic E-state index is 14.0. The summed E-state index contributed by atoms with van der Waals surface area (Å²) in [5, 5.41) is -0.841. The minimum Gasteiger partial charge on any atom is -0.497 e. The van der Waals surface area contributed by atoms with Gasteiger partial charge in [0.2, 0.25) is 0 Å². The van der Waals surface area contributed by atoms with Crippen molar-refractivity contribution in [3.63, 3.8) is 0 Å². The lowest BCUT2D eigenvalue weighted by Gasteiger charge is -2.15. The molecule has 0 fully saturated rings. The van der Waals surface area contributed by atoms with Gasteiger partial charge in [-0.25, -0.2) is 8.78 Å². The molecule has 0 N–H and O–H groups in total. The van der Waals surface area contributed by atoms with E-state index in [1.54, 1.807) is 6.07 Å². The molecule has 0 spiro atoms. The number of hydrogen-bond acceptors (Lipinski definition) is 2. The molecule has 0 saturated heterocycles. The second-order valence-corrected chi connectivity index (χ2v) is 5.02. The minimum atomic E-state index is -0.841. The Morgan fingerprint density at radius 2 is 1.67 bits per heavy atom. The molecule has 0 aliphatic carbocycles. The number of alkyl halides is 1. The largest absolute Gasteiger partial charge is 0.497 e. The van der Waals surface area contributed by atoms with Crippen LogP contribution >= 0.6 is 11.6 Å². The fraction of sp³-hybridized carbons (Fsp3) is 0.250. The lowest BCUT2D eigenvalue weighted by Crippen LogP contribution is -2.04. The topological polar surface area (TPSA) is 18.5 Å². The van der Waals surface area contributed by atoms with Crippen molar-refractivity contribution in [1.82, 2.24) is 0 Å². The van der Waals surface area contributed by atoms with Gasteiger partial charge in [0.25, 0.3) is 0 Å². The van der Waals surface area contributed by atoms with Crippen LogP contribution in [0.15, 0.2) is 36.4 Å². The lowest BCUT2D eigenvalue weighted by molar-refractivity contribution is 0.403. The Hall–Kier alpha value is -1.81. The highest BCUT2D eigenvalue weighted by atomic mass is 35.5. The molecule has 0 aliphatic rings. The summed E-state index contributed by atoms with van der Waals surface area (Å²) in [4.78, 5) is 0. The minimum absolute atomic E-state index is 0.120. The van der Waals surface area contributed by atoms with E-state index in [9.17, 15) is 8.78 Å². The number of rotatable bonds is 5. The molecule has 0 radical (unpaired) electrons. The molecule has 2 nitrogen and oxygen atoms in total. The zero-order valence-electron chi connectivity index (χ0n) is 11.7. The molecular formula is C16H15ClF2O2. The highest BCUT2D eigenvalue weighted by Crippen LogP contribution is 2.34. The van der Waals surface area contributed by atoms with E-state index in [1.807, 2.05) is 18.2 Å². The number of benzene rings is 2. The first-order chi connectivity index (χ1) is 10.1. The van der Waals surface area contributed by atoms with Crippen LogP contribution in [0.5, 0.6) is 11.5 Å². The fourth-order valence-corrected chi connectivity index (χ4v) is 2.52. The van der Waals surface area contributed by atoms with Crippen LogP contribution in [0.3, 0.4) is 0 Å². The lowest BCUT2D eigenvalue weighted by atomic mass is 10.0. The Morgan fingerprint density at radius 3 is 2.24 bits per heavy atom. The van der Waals surface area contributed by atoms with Crippen molar-refractivity contribution in [3.8, 4) is 11.5 Å². The van der Waals surface area contributed by atoms with E-state index >= 15 is 0 Å². The van der Waals surface area contributed by atoms with E-state index in [0.29, 0.717) is 5.75 Å². The van der Waals surface area contributed by atoms with Gasteiger partial charge in [-0.15, -0.1) is 11.6 Å². The molecule has 0 heterocycles. The third kappa shape index (κ3) is 3.45. The normalized spacial score (nSPS) is 12.0. The van der Waals surface area contributed by atoms with E-state index in [1.165, 1.54) is 14.2 Å². The van der Waals surface area contributed by atoms with Crippen molar-refractivity contribution < 1.29 is 18.3 Å². The summed E-state index contributed by atoms with van der Waals surface area (Å²) in [6.07, 6.45) is 0.256. The molecule has 0 amide bonds. The van der Waals surface area contributed by atoms with Crippen LogP contribution in [0.25, 0.3) is 0 Å². The Morgan fingerprint density at radius 1 is 1.05 bits per heavy atom. The zero-order valence-corrected chi connectivity index (χ0v) is 12.5. The van der Waals surface area contributed by atoms with Crippen LogP contribution < -0.4 is 9.47 Å². The second-order valence-electron chi connectivity index (χ2n) is 4.49. The molecule has 2 rings (SSSR count). The molecule has 0 saturated carbocycles. The Kier molecular flexibility index (Phi) is 5.02. The van der Waals surface area contributed by atoms with E-state index in [4.69, 9.17) is 21.1 Å². The Labute approximate surface area is 127 Å². The van der Waals surface area contributed by atoms with Crippen LogP contribution in [-0.2, 0) is 6.42 Å². The zero-order chi connectivity index (χ0) is 15.4. The van der Waals surface area contributed by atoms with Crippen molar-refractivity contribution >= 4 is 11.6 Å². The van der Waals surface area contributed by atoms with Gasteiger partial charge >= 0.3 is 0 Å². The van der Waals surface area contributed by atoms with Gasteiger partial charge in [-0.05, 0) is 18.1 Å². The standard InChI is InChI=1S/C16H15ClF2O2/c1-20-11-8-13(18)16(14(19)9-11)12(17)7-10-5-3-4-6-15(10)21-2/h3-6,8-9,12H,7H2,1-2H3. The fourth-order valence-electron chi connectivity index (χ4n) is 2.14. The number of para-hydroxylation sites is 1. The average Bonchev–Trinajstić information content (AvgIpc) is 2.46. The van der Waals surface area contributed by atoms with Crippen molar-refractivity contribution in [1.29, 1.82) is 0 Å². The van der Waals surface area contributed by atoms with E-state index < -0.39 is 17.0 Å². The van der Waals surface area contributed by atoms with E-state index in [2.05, 4.69) is 0 Å². The third-order valence-electron chi connectivity index (χ3n) is 3.19. The monoisotopic (exact) mass is 312 g/mol. The summed E-state index contributed by atoms with van der Waals surface area (Å²) in [7, 11) is 2.89. The predicted molar refractivity (Wildman–Crippen MR) is 78.2 cm³/mol. The van der Waals surface area contributed by atoms with Gasteiger partial charge in [0.1, 0.15) is 23.1 Å². The summed E-state index contributed by atoms with van der Waals surface area (Å²) >= 11 is 6.20. The highest BCUT2D eigenvalue weighted by molar-refractivity contribution is 6.21. The van der Waals surface area contributed by atoms with Gasteiger partial charge in [-0.3, -0.25) is 0 Å². The molecule has 2 aromatic rings. The van der Waals surface area contributed by atoms with Crippen LogP contribution in [0.1, 0.15) is 16.5 Å². The van der Waals surface area contributed by atoms with Crippen LogP contribution in [0.2, 0.25) is 0 Å². The van der Waals surface area contributed by atoms with Gasteiger partial charge in [0.15, 0.2) is 0 Å². The van der Waals surface area contributed by atoms with Gasteiger partial charge in [0.05, 0.1) is 19.6 Å². The number of halogens is 3. The van der Waals surface area contributed by atoms with Gasteiger partial charge in [-0.2, -0.15) is 0 Å². The quantitative estimate of drug-likeness (QED) is 0.757. The number of hydrogen-bond donors (Lipinski definition) is 0. The molecule has 1 unspecified atom stereocenters. The third-order valence-corrected chi connectivity index (χ3v) is 3.57. The Bertz CT molecular complexity index is 608. The first-order valence-corrected chi connectivity index (χ1v) is 6.79. The number of methoxy groups -OCH3 is 2. The molecule has 2 aromatic carbocycles. The van der Waals surface area contributed by atoms with Crippen LogP contribution in [0, 0.1) is 11.6 Å². The summed E-state index contributed by atoms with van der Waals surface area (Å²) in [6, 6.07) is 9.47. The van der Waals surface area contributed by atoms with Crippen molar-refractivity contribution in [2.45, 2.75) is 11.8 Å². The van der Waals surface area contributed by atoms with Gasteiger partial charge in [0, 0.05) is 17.7 Å². The van der Waals surface area contributed by atoms with Gasteiger partial charge in [-0.1, -0.05) is 18.2 Å². The maximum Gasteiger partial charge on any atom is 0.134 e. The summed E-state index contributed by atoms with van der Waals surface area (Å²) in [6.45, 7) is 0. The molecule has 5 heteroatoms. The van der Waals surface area contributed by atoms with Crippen molar-refractivity contribution in [3.05, 3.63) is 59.2 Å². The first-order valence-electron chi connectivity index (χ1n) is 6.35. The number of ether oxygens (including phenoxy) is 2. The SMILES string of the molecule is COc1cc(F)c(C(Cl)Cc2ccccc2OC)c(F)c1. The second kappa shape index (κ2) is 6.76. The average molecular weight is 313 g/mol. The van der Waals surface area contributed by atoms with Crippen LogP contribution in [0.4, 0.5) is 8.78 Å². The molecular weight excluding hydrogens is 298 g/mol. The smallest absolute Gasteiger partial charge is 0.134 e. The maximum atomic E-state index is 14.0. The summed E-state index contributed by atoms with van der Waals surface area (Å²) in [5.41, 5.74) is 0.623. The van der Waals surface area contributed by atoms with Crippen LogP contribution in [-0.4, -0.2) is 14.2 Å². The van der Waals surface area contributed by atoms with Gasteiger partial charge < -0.3 is 9.47 Å². The first kappa shape index (κ1) is 15.6.